The predicted molar refractivity (Wildman–Crippen MR) is 135 cm³/mol. The van der Waals surface area contributed by atoms with E-state index in [1.165, 1.54) is 20.5 Å². The molecule has 0 saturated carbocycles. The number of aliphatic hydroxyl groups is 1. The summed E-state index contributed by atoms with van der Waals surface area (Å²) in [5, 5.41) is 20.5. The lowest BCUT2D eigenvalue weighted by atomic mass is 10.1. The quantitative estimate of drug-likeness (QED) is 0.252. The molecule has 5 nitrogen and oxygen atoms in total. The average molecular weight is 543 g/mol. The van der Waals surface area contributed by atoms with Crippen LogP contribution in [0.4, 0.5) is 0 Å². The number of halogens is 1. The summed E-state index contributed by atoms with van der Waals surface area (Å²) in [6.45, 7) is 4.41. The predicted octanol–water partition coefficient (Wildman–Crippen LogP) is 3.84. The average Bonchev–Trinajstić information content (AvgIpc) is 3.36. The molecule has 156 valence electrons. The SMILES string of the molecule is CN=C(NCCN1CCc2sccc2C1)NCC(O)c1cc2ccccc2s1.I. The Hall–Kier alpha value is -1.20. The Bertz CT molecular complexity index is 922. The summed E-state index contributed by atoms with van der Waals surface area (Å²) in [5.74, 6) is 0.730. The van der Waals surface area contributed by atoms with Crippen molar-refractivity contribution in [1.82, 2.24) is 15.5 Å². The molecule has 0 aliphatic carbocycles. The third-order valence-electron chi connectivity index (χ3n) is 5.07. The maximum atomic E-state index is 10.5. The van der Waals surface area contributed by atoms with Gasteiger partial charge >= 0.3 is 0 Å². The first-order valence-corrected chi connectivity index (χ1v) is 11.3. The van der Waals surface area contributed by atoms with Crippen molar-refractivity contribution >= 4 is 62.7 Å². The second-order valence-corrected chi connectivity index (χ2v) is 9.09. The Morgan fingerprint density at radius 2 is 2.14 bits per heavy atom. The number of thiophene rings is 2. The van der Waals surface area contributed by atoms with E-state index in [9.17, 15) is 5.11 Å². The Labute approximate surface area is 196 Å². The highest BCUT2D eigenvalue weighted by Gasteiger charge is 2.17. The van der Waals surface area contributed by atoms with Gasteiger partial charge in [-0.2, -0.15) is 0 Å². The molecule has 0 spiro atoms. The van der Waals surface area contributed by atoms with E-state index in [4.69, 9.17) is 0 Å². The lowest BCUT2D eigenvalue weighted by Crippen LogP contribution is -2.43. The second-order valence-electron chi connectivity index (χ2n) is 6.98. The van der Waals surface area contributed by atoms with Crippen LogP contribution in [0.5, 0.6) is 0 Å². The van der Waals surface area contributed by atoms with Gasteiger partial charge < -0.3 is 15.7 Å². The summed E-state index contributed by atoms with van der Waals surface area (Å²) < 4.78 is 1.20. The van der Waals surface area contributed by atoms with Crippen LogP contribution in [0.1, 0.15) is 21.4 Å². The van der Waals surface area contributed by atoms with Gasteiger partial charge in [0.1, 0.15) is 6.10 Å². The largest absolute Gasteiger partial charge is 0.386 e. The van der Waals surface area contributed by atoms with Crippen molar-refractivity contribution in [3.63, 3.8) is 0 Å². The lowest BCUT2D eigenvalue weighted by molar-refractivity contribution is 0.184. The fourth-order valence-electron chi connectivity index (χ4n) is 3.51. The molecule has 0 amide bonds. The smallest absolute Gasteiger partial charge is 0.191 e. The van der Waals surface area contributed by atoms with Gasteiger partial charge in [0.15, 0.2) is 5.96 Å². The van der Waals surface area contributed by atoms with E-state index in [1.54, 1.807) is 18.4 Å². The molecule has 1 aromatic carbocycles. The molecule has 0 radical (unpaired) electrons. The first kappa shape index (κ1) is 22.5. The third kappa shape index (κ3) is 5.69. The van der Waals surface area contributed by atoms with Crippen molar-refractivity contribution in [2.45, 2.75) is 19.1 Å². The molecule has 3 aromatic rings. The molecule has 29 heavy (non-hydrogen) atoms. The van der Waals surface area contributed by atoms with Gasteiger partial charge in [0.25, 0.3) is 0 Å². The lowest BCUT2D eigenvalue weighted by Gasteiger charge is -2.27. The Balaban J connectivity index is 0.00000240. The Morgan fingerprint density at radius 3 is 2.97 bits per heavy atom. The number of guanidine groups is 1. The van der Waals surface area contributed by atoms with Crippen LogP contribution in [0.2, 0.25) is 0 Å². The summed E-state index contributed by atoms with van der Waals surface area (Å²) in [6, 6.07) is 12.5. The van der Waals surface area contributed by atoms with Crippen LogP contribution >= 0.6 is 46.7 Å². The molecule has 3 heterocycles. The van der Waals surface area contributed by atoms with E-state index < -0.39 is 6.10 Å². The van der Waals surface area contributed by atoms with Crippen LogP contribution in [0, 0.1) is 0 Å². The molecule has 0 saturated heterocycles. The van der Waals surface area contributed by atoms with Crippen molar-refractivity contribution < 1.29 is 5.11 Å². The van der Waals surface area contributed by atoms with Crippen molar-refractivity contribution in [2.75, 3.05) is 33.2 Å². The number of aliphatic imine (C=N–C) groups is 1. The molecule has 4 rings (SSSR count). The minimum Gasteiger partial charge on any atom is -0.386 e. The van der Waals surface area contributed by atoms with Crippen molar-refractivity contribution in [2.24, 2.45) is 4.99 Å². The first-order chi connectivity index (χ1) is 13.7. The zero-order valence-electron chi connectivity index (χ0n) is 16.4. The number of nitrogens with one attached hydrogen (secondary N) is 2. The number of benzene rings is 1. The summed E-state index contributed by atoms with van der Waals surface area (Å²) in [7, 11) is 1.76. The molecular formula is C21H27IN4OS2. The molecule has 0 bridgehead atoms. The Kier molecular flexibility index (Phi) is 8.31. The maximum absolute atomic E-state index is 10.5. The topological polar surface area (TPSA) is 59.9 Å². The minimum atomic E-state index is -0.546. The fraction of sp³-hybridized carbons (Fsp3) is 0.381. The van der Waals surface area contributed by atoms with E-state index in [0.717, 1.165) is 43.4 Å². The van der Waals surface area contributed by atoms with Crippen molar-refractivity contribution in [3.05, 3.63) is 57.1 Å². The summed E-state index contributed by atoms with van der Waals surface area (Å²) in [6.07, 6.45) is 0.608. The van der Waals surface area contributed by atoms with Gasteiger partial charge in [0, 0.05) is 54.2 Å². The molecular weight excluding hydrogens is 515 g/mol. The molecule has 3 N–H and O–H groups in total. The molecule has 2 aromatic heterocycles. The van der Waals surface area contributed by atoms with Crippen LogP contribution in [-0.2, 0) is 13.0 Å². The van der Waals surface area contributed by atoms with Crippen LogP contribution in [0.25, 0.3) is 10.1 Å². The van der Waals surface area contributed by atoms with E-state index in [1.807, 2.05) is 23.5 Å². The van der Waals surface area contributed by atoms with Gasteiger partial charge in [0.2, 0.25) is 0 Å². The highest BCUT2D eigenvalue weighted by Crippen LogP contribution is 2.29. The normalized spacial score (nSPS) is 15.6. The standard InChI is InChI=1S/C21H26N4OS2.HI/c1-22-21(23-8-10-25-9-6-18-16(14-25)7-11-27-18)24-13-17(26)20-12-15-4-2-3-5-19(15)28-20;/h2-5,7,11-12,17,26H,6,8-10,13-14H2,1H3,(H2,22,23,24);1H. The zero-order valence-corrected chi connectivity index (χ0v) is 20.4. The number of hydrogen-bond acceptors (Lipinski definition) is 5. The molecule has 0 fully saturated rings. The Morgan fingerprint density at radius 1 is 1.28 bits per heavy atom. The van der Waals surface area contributed by atoms with Crippen LogP contribution in [0.3, 0.4) is 0 Å². The first-order valence-electron chi connectivity index (χ1n) is 9.61. The number of nitrogens with zero attached hydrogens (tertiary/aromatic N) is 2. The van der Waals surface area contributed by atoms with Crippen molar-refractivity contribution in [3.8, 4) is 0 Å². The van der Waals surface area contributed by atoms with Gasteiger partial charge in [0.05, 0.1) is 0 Å². The molecule has 1 atom stereocenters. The summed E-state index contributed by atoms with van der Waals surface area (Å²) >= 11 is 3.51. The van der Waals surface area contributed by atoms with E-state index in [0.29, 0.717) is 6.54 Å². The van der Waals surface area contributed by atoms with Crippen molar-refractivity contribution in [1.29, 1.82) is 0 Å². The minimum absolute atomic E-state index is 0. The number of hydrogen-bond donors (Lipinski definition) is 3. The zero-order chi connectivity index (χ0) is 19.3. The van der Waals surface area contributed by atoms with E-state index in [2.05, 4.69) is 50.2 Å². The highest BCUT2D eigenvalue weighted by molar-refractivity contribution is 14.0. The molecule has 1 aliphatic heterocycles. The third-order valence-corrected chi connectivity index (χ3v) is 7.31. The van der Waals surface area contributed by atoms with Gasteiger partial charge in [-0.25, -0.2) is 0 Å². The van der Waals surface area contributed by atoms with E-state index >= 15 is 0 Å². The van der Waals surface area contributed by atoms with E-state index in [-0.39, 0.29) is 24.0 Å². The number of rotatable bonds is 6. The molecule has 1 unspecified atom stereocenters. The van der Waals surface area contributed by atoms with Gasteiger partial charge in [-0.15, -0.1) is 46.7 Å². The van der Waals surface area contributed by atoms with Gasteiger partial charge in [-0.05, 0) is 40.9 Å². The van der Waals surface area contributed by atoms with Gasteiger partial charge in [-0.3, -0.25) is 9.89 Å². The van der Waals surface area contributed by atoms with Gasteiger partial charge in [-0.1, -0.05) is 18.2 Å². The van der Waals surface area contributed by atoms with Crippen LogP contribution in [-0.4, -0.2) is 49.2 Å². The number of fused-ring (bicyclic) bond motifs is 2. The maximum Gasteiger partial charge on any atom is 0.191 e. The highest BCUT2D eigenvalue weighted by atomic mass is 127. The van der Waals surface area contributed by atoms with Crippen LogP contribution < -0.4 is 10.6 Å². The second kappa shape index (κ2) is 10.7. The summed E-state index contributed by atoms with van der Waals surface area (Å²) in [5.41, 5.74) is 1.48. The fourth-order valence-corrected chi connectivity index (χ4v) is 5.45. The summed E-state index contributed by atoms with van der Waals surface area (Å²) in [4.78, 5) is 9.26. The molecule has 8 heteroatoms. The van der Waals surface area contributed by atoms with Crippen LogP contribution in [0.15, 0.2) is 46.8 Å². The molecule has 1 aliphatic rings. The monoisotopic (exact) mass is 542 g/mol. The number of aliphatic hydroxyl groups excluding tert-OH is 1.